The lowest BCUT2D eigenvalue weighted by molar-refractivity contribution is -0.144. The van der Waals surface area contributed by atoms with Crippen LogP contribution in [0.4, 0.5) is 0 Å². The van der Waals surface area contributed by atoms with E-state index in [1.54, 1.807) is 0 Å². The summed E-state index contributed by atoms with van der Waals surface area (Å²) in [7, 11) is 0. The van der Waals surface area contributed by atoms with Gasteiger partial charge in [-0.05, 0) is 64.7 Å². The van der Waals surface area contributed by atoms with Crippen LogP contribution in [0.15, 0.2) is 0 Å². The Balaban J connectivity index is 1.98. The molecule has 0 aromatic heterocycles. The Bertz CT molecular complexity index is 309. The highest BCUT2D eigenvalue weighted by atomic mass is 16.4. The van der Waals surface area contributed by atoms with Crippen LogP contribution in [0.1, 0.15) is 58.3 Å². The topological polar surface area (TPSA) is 43.8 Å². The largest absolute Gasteiger partial charge is 0.480 e. The van der Waals surface area contributed by atoms with Crippen molar-refractivity contribution < 1.29 is 9.90 Å². The number of aliphatic carboxylic acids is 1. The van der Waals surface area contributed by atoms with Crippen molar-refractivity contribution >= 4 is 5.97 Å². The maximum atomic E-state index is 11.6. The maximum absolute atomic E-state index is 11.6. The Morgan fingerprint density at radius 3 is 2.65 bits per heavy atom. The van der Waals surface area contributed by atoms with E-state index in [9.17, 15) is 9.90 Å². The third-order valence-electron chi connectivity index (χ3n) is 4.88. The molecule has 4 heteroatoms. The molecule has 2 atom stereocenters. The van der Waals surface area contributed by atoms with E-state index in [-0.39, 0.29) is 6.04 Å². The van der Waals surface area contributed by atoms with Crippen LogP contribution in [0.2, 0.25) is 0 Å². The average Bonchev–Trinajstić information content (AvgIpc) is 2.79. The van der Waals surface area contributed by atoms with Crippen molar-refractivity contribution in [1.82, 2.24) is 9.80 Å². The summed E-state index contributed by atoms with van der Waals surface area (Å²) in [4.78, 5) is 16.4. The van der Waals surface area contributed by atoms with Crippen LogP contribution >= 0.6 is 0 Å². The first-order chi connectivity index (χ1) is 9.72. The standard InChI is InChI=1S/C16H30N2O2/c1-2-10-17-11-6-7-14(9-13-17)18-12-5-3-4-8-15(18)16(19)20/h14-15H,2-13H2,1H3,(H,19,20). The molecule has 116 valence electrons. The lowest BCUT2D eigenvalue weighted by Crippen LogP contribution is -2.47. The number of rotatable bonds is 4. The Labute approximate surface area is 123 Å². The zero-order chi connectivity index (χ0) is 14.4. The van der Waals surface area contributed by atoms with Crippen LogP contribution in [0.25, 0.3) is 0 Å². The van der Waals surface area contributed by atoms with Crippen molar-refractivity contribution in [3.63, 3.8) is 0 Å². The van der Waals surface area contributed by atoms with E-state index in [1.807, 2.05) is 0 Å². The molecule has 2 heterocycles. The van der Waals surface area contributed by atoms with Gasteiger partial charge in [0.1, 0.15) is 6.04 Å². The van der Waals surface area contributed by atoms with Crippen molar-refractivity contribution in [2.24, 2.45) is 0 Å². The second-order valence-electron chi connectivity index (χ2n) is 6.37. The van der Waals surface area contributed by atoms with Gasteiger partial charge in [0.15, 0.2) is 0 Å². The van der Waals surface area contributed by atoms with Crippen LogP contribution in [0, 0.1) is 0 Å². The monoisotopic (exact) mass is 282 g/mol. The highest BCUT2D eigenvalue weighted by molar-refractivity contribution is 5.73. The second kappa shape index (κ2) is 7.99. The van der Waals surface area contributed by atoms with Gasteiger partial charge in [-0.15, -0.1) is 0 Å². The zero-order valence-electron chi connectivity index (χ0n) is 12.9. The number of hydrogen-bond acceptors (Lipinski definition) is 3. The number of nitrogens with zero attached hydrogens (tertiary/aromatic N) is 2. The van der Waals surface area contributed by atoms with E-state index in [0.717, 1.165) is 32.4 Å². The van der Waals surface area contributed by atoms with Gasteiger partial charge < -0.3 is 10.0 Å². The lowest BCUT2D eigenvalue weighted by Gasteiger charge is -2.34. The minimum Gasteiger partial charge on any atom is -0.480 e. The van der Waals surface area contributed by atoms with Gasteiger partial charge in [0.05, 0.1) is 0 Å². The molecule has 2 aliphatic heterocycles. The van der Waals surface area contributed by atoms with Crippen LogP contribution in [0.3, 0.4) is 0 Å². The minimum atomic E-state index is -0.610. The molecule has 0 aromatic rings. The Kier molecular flexibility index (Phi) is 6.30. The SMILES string of the molecule is CCCN1CCCC(N2CCCCCC2C(=O)O)CC1. The van der Waals surface area contributed by atoms with Gasteiger partial charge in [0.2, 0.25) is 0 Å². The van der Waals surface area contributed by atoms with Crippen molar-refractivity contribution in [2.45, 2.75) is 70.4 Å². The summed E-state index contributed by atoms with van der Waals surface area (Å²) in [6.07, 6.45) is 9.01. The lowest BCUT2D eigenvalue weighted by atomic mass is 10.0. The van der Waals surface area contributed by atoms with Crippen molar-refractivity contribution in [1.29, 1.82) is 0 Å². The van der Waals surface area contributed by atoms with Crippen molar-refractivity contribution in [3.8, 4) is 0 Å². The predicted molar refractivity (Wildman–Crippen MR) is 81.0 cm³/mol. The van der Waals surface area contributed by atoms with E-state index < -0.39 is 5.97 Å². The summed E-state index contributed by atoms with van der Waals surface area (Å²) in [5.74, 6) is -0.610. The summed E-state index contributed by atoms with van der Waals surface area (Å²) >= 11 is 0. The summed E-state index contributed by atoms with van der Waals surface area (Å²) in [5, 5.41) is 9.52. The highest BCUT2D eigenvalue weighted by Crippen LogP contribution is 2.25. The quantitative estimate of drug-likeness (QED) is 0.860. The van der Waals surface area contributed by atoms with E-state index in [4.69, 9.17) is 0 Å². The van der Waals surface area contributed by atoms with Gasteiger partial charge in [0, 0.05) is 6.04 Å². The number of carbonyl (C=O) groups is 1. The Hall–Kier alpha value is -0.610. The molecule has 2 fully saturated rings. The normalized spacial score (nSPS) is 30.6. The molecule has 0 radical (unpaired) electrons. The molecule has 0 aromatic carbocycles. The fourth-order valence-electron chi connectivity index (χ4n) is 3.84. The van der Waals surface area contributed by atoms with Crippen molar-refractivity contribution in [2.75, 3.05) is 26.2 Å². The molecule has 0 amide bonds. The molecule has 4 nitrogen and oxygen atoms in total. The van der Waals surface area contributed by atoms with Gasteiger partial charge >= 0.3 is 5.97 Å². The molecule has 2 aliphatic rings. The number of likely N-dealkylation sites (tertiary alicyclic amines) is 2. The average molecular weight is 282 g/mol. The fourth-order valence-corrected chi connectivity index (χ4v) is 3.84. The third kappa shape index (κ3) is 4.19. The van der Waals surface area contributed by atoms with Crippen LogP contribution in [0.5, 0.6) is 0 Å². The molecule has 2 saturated heterocycles. The van der Waals surface area contributed by atoms with Gasteiger partial charge in [-0.2, -0.15) is 0 Å². The fraction of sp³-hybridized carbons (Fsp3) is 0.938. The summed E-state index contributed by atoms with van der Waals surface area (Å²) in [6, 6.07) is 0.247. The molecule has 2 rings (SSSR count). The first-order valence-corrected chi connectivity index (χ1v) is 8.43. The summed E-state index contributed by atoms with van der Waals surface area (Å²) < 4.78 is 0. The first-order valence-electron chi connectivity index (χ1n) is 8.43. The Morgan fingerprint density at radius 2 is 1.90 bits per heavy atom. The maximum Gasteiger partial charge on any atom is 0.320 e. The van der Waals surface area contributed by atoms with Crippen LogP contribution in [-0.2, 0) is 4.79 Å². The summed E-state index contributed by atoms with van der Waals surface area (Å²) in [6.45, 7) is 6.74. The van der Waals surface area contributed by atoms with Crippen LogP contribution < -0.4 is 0 Å². The van der Waals surface area contributed by atoms with Crippen molar-refractivity contribution in [3.05, 3.63) is 0 Å². The number of carboxylic acids is 1. The third-order valence-corrected chi connectivity index (χ3v) is 4.88. The van der Waals surface area contributed by atoms with Crippen LogP contribution in [-0.4, -0.2) is 59.1 Å². The zero-order valence-corrected chi connectivity index (χ0v) is 12.9. The van der Waals surface area contributed by atoms with Gasteiger partial charge in [-0.25, -0.2) is 0 Å². The molecule has 0 spiro atoms. The minimum absolute atomic E-state index is 0.236. The molecular formula is C16H30N2O2. The van der Waals surface area contributed by atoms with Gasteiger partial charge in [-0.3, -0.25) is 9.69 Å². The number of hydrogen-bond donors (Lipinski definition) is 1. The molecular weight excluding hydrogens is 252 g/mol. The highest BCUT2D eigenvalue weighted by Gasteiger charge is 2.33. The van der Waals surface area contributed by atoms with Gasteiger partial charge in [0.25, 0.3) is 0 Å². The first kappa shape index (κ1) is 15.8. The van der Waals surface area contributed by atoms with Gasteiger partial charge in [-0.1, -0.05) is 19.8 Å². The second-order valence-corrected chi connectivity index (χ2v) is 6.37. The Morgan fingerprint density at radius 1 is 1.05 bits per heavy atom. The summed E-state index contributed by atoms with van der Waals surface area (Å²) in [5.41, 5.74) is 0. The van der Waals surface area contributed by atoms with E-state index >= 15 is 0 Å². The molecule has 1 N–H and O–H groups in total. The molecule has 20 heavy (non-hydrogen) atoms. The smallest absolute Gasteiger partial charge is 0.320 e. The molecule has 0 aliphatic carbocycles. The molecule has 2 unspecified atom stereocenters. The van der Waals surface area contributed by atoms with E-state index in [2.05, 4.69) is 16.7 Å². The molecule has 0 saturated carbocycles. The predicted octanol–water partition coefficient (Wildman–Crippen LogP) is 2.58. The molecule has 0 bridgehead atoms. The number of carboxylic acid groups (broad SMARTS) is 1. The van der Waals surface area contributed by atoms with E-state index in [0.29, 0.717) is 6.04 Å². The van der Waals surface area contributed by atoms with E-state index in [1.165, 1.54) is 45.2 Å².